The third kappa shape index (κ3) is 3.09. The minimum atomic E-state index is -0.0259. The fourth-order valence-electron chi connectivity index (χ4n) is 1.64. The summed E-state index contributed by atoms with van der Waals surface area (Å²) in [4.78, 5) is 13.6. The van der Waals surface area contributed by atoms with Gasteiger partial charge in [0.2, 0.25) is 0 Å². The Bertz CT molecular complexity index is 412. The van der Waals surface area contributed by atoms with Crippen LogP contribution in [0.1, 0.15) is 27.9 Å². The van der Waals surface area contributed by atoms with Gasteiger partial charge in [0.25, 0.3) is 5.91 Å². The van der Waals surface area contributed by atoms with Crippen LogP contribution < -0.4 is 0 Å². The first-order chi connectivity index (χ1) is 7.54. The zero-order valence-electron chi connectivity index (χ0n) is 9.95. The molecule has 0 atom stereocenters. The number of nitrogens with zero attached hydrogens (tertiary/aromatic N) is 2. The number of aryl methyl sites for hydroxylation is 2. The molecule has 3 nitrogen and oxygen atoms in total. The first kappa shape index (κ1) is 12.3. The van der Waals surface area contributed by atoms with Gasteiger partial charge < -0.3 is 4.90 Å². The minimum Gasteiger partial charge on any atom is -0.341 e. The lowest BCUT2D eigenvalue weighted by molar-refractivity contribution is 0.0798. The fraction of sp³-hybridized carbons (Fsp3) is 0.385. The molecule has 0 bridgehead atoms. The molecule has 0 spiro atoms. The van der Waals surface area contributed by atoms with Crippen LogP contribution in [0.4, 0.5) is 0 Å². The van der Waals surface area contributed by atoms with E-state index in [4.69, 9.17) is 5.26 Å². The van der Waals surface area contributed by atoms with Gasteiger partial charge in [-0.3, -0.25) is 4.79 Å². The van der Waals surface area contributed by atoms with Crippen LogP contribution >= 0.6 is 0 Å². The molecule has 0 unspecified atom stereocenters. The van der Waals surface area contributed by atoms with Gasteiger partial charge in [-0.2, -0.15) is 5.26 Å². The molecule has 1 aromatic rings. The Kier molecular flexibility index (Phi) is 4.07. The van der Waals surface area contributed by atoms with Gasteiger partial charge in [-0.05, 0) is 26.0 Å². The summed E-state index contributed by atoms with van der Waals surface area (Å²) in [6.45, 7) is 4.42. The monoisotopic (exact) mass is 216 g/mol. The highest BCUT2D eigenvalue weighted by Gasteiger charge is 2.11. The highest BCUT2D eigenvalue weighted by molar-refractivity contribution is 5.94. The summed E-state index contributed by atoms with van der Waals surface area (Å²) in [7, 11) is 1.72. The highest BCUT2D eigenvalue weighted by atomic mass is 16.2. The molecule has 0 radical (unpaired) electrons. The summed E-state index contributed by atoms with van der Waals surface area (Å²) >= 11 is 0. The van der Waals surface area contributed by atoms with Gasteiger partial charge in [0.15, 0.2) is 0 Å². The van der Waals surface area contributed by atoms with Crippen molar-refractivity contribution in [3.8, 4) is 6.07 Å². The minimum absolute atomic E-state index is 0.0259. The first-order valence-corrected chi connectivity index (χ1v) is 5.25. The van der Waals surface area contributed by atoms with Crippen molar-refractivity contribution in [1.82, 2.24) is 4.90 Å². The van der Waals surface area contributed by atoms with E-state index in [1.165, 1.54) is 0 Å². The zero-order valence-corrected chi connectivity index (χ0v) is 9.95. The first-order valence-electron chi connectivity index (χ1n) is 5.25. The number of benzene rings is 1. The van der Waals surface area contributed by atoms with E-state index < -0.39 is 0 Å². The second kappa shape index (κ2) is 5.32. The number of hydrogen-bond donors (Lipinski definition) is 0. The second-order valence-electron chi connectivity index (χ2n) is 4.01. The van der Waals surface area contributed by atoms with Gasteiger partial charge >= 0.3 is 0 Å². The molecular formula is C13H16N2O. The number of hydrogen-bond acceptors (Lipinski definition) is 2. The van der Waals surface area contributed by atoms with Gasteiger partial charge in [0.05, 0.1) is 12.5 Å². The van der Waals surface area contributed by atoms with Crippen LogP contribution in [-0.2, 0) is 0 Å². The van der Waals surface area contributed by atoms with Crippen molar-refractivity contribution < 1.29 is 4.79 Å². The molecule has 1 rings (SSSR count). The molecule has 0 fully saturated rings. The number of carbonyl (C=O) groups excluding carboxylic acids is 1. The maximum atomic E-state index is 12.0. The van der Waals surface area contributed by atoms with Crippen LogP contribution in [0.15, 0.2) is 18.2 Å². The van der Waals surface area contributed by atoms with Crippen LogP contribution in [0.5, 0.6) is 0 Å². The molecule has 1 aromatic carbocycles. The molecule has 16 heavy (non-hydrogen) atoms. The van der Waals surface area contributed by atoms with Crippen LogP contribution in [0.3, 0.4) is 0 Å². The lowest BCUT2D eigenvalue weighted by Crippen LogP contribution is -2.27. The molecular weight excluding hydrogens is 200 g/mol. The van der Waals surface area contributed by atoms with Crippen molar-refractivity contribution in [2.75, 3.05) is 13.6 Å². The third-order valence-corrected chi connectivity index (χ3v) is 2.37. The van der Waals surface area contributed by atoms with Crippen molar-refractivity contribution in [3.63, 3.8) is 0 Å². The SMILES string of the molecule is Cc1cc(C)cc(C(=O)N(C)CCC#N)c1. The summed E-state index contributed by atoms with van der Waals surface area (Å²) in [5.41, 5.74) is 2.85. The smallest absolute Gasteiger partial charge is 0.253 e. The topological polar surface area (TPSA) is 44.1 Å². The Morgan fingerprint density at radius 2 is 1.88 bits per heavy atom. The molecule has 0 aliphatic heterocycles. The Morgan fingerprint density at radius 3 is 2.38 bits per heavy atom. The van der Waals surface area contributed by atoms with Gasteiger partial charge in [-0.15, -0.1) is 0 Å². The average molecular weight is 216 g/mol. The van der Waals surface area contributed by atoms with Gasteiger partial charge in [-0.1, -0.05) is 17.2 Å². The van der Waals surface area contributed by atoms with E-state index in [1.807, 2.05) is 38.1 Å². The lowest BCUT2D eigenvalue weighted by atomic mass is 10.1. The van der Waals surface area contributed by atoms with E-state index in [2.05, 4.69) is 0 Å². The Hall–Kier alpha value is -1.82. The quantitative estimate of drug-likeness (QED) is 0.778. The molecule has 3 heteroatoms. The van der Waals surface area contributed by atoms with E-state index in [1.54, 1.807) is 11.9 Å². The lowest BCUT2D eigenvalue weighted by Gasteiger charge is -2.16. The predicted octanol–water partition coefficient (Wildman–Crippen LogP) is 2.29. The molecule has 84 valence electrons. The number of rotatable bonds is 3. The average Bonchev–Trinajstić information content (AvgIpc) is 2.23. The van der Waals surface area contributed by atoms with Crippen molar-refractivity contribution in [2.24, 2.45) is 0 Å². The largest absolute Gasteiger partial charge is 0.341 e. The Balaban J connectivity index is 2.84. The molecule has 0 aromatic heterocycles. The van der Waals surface area contributed by atoms with Crippen LogP contribution in [0.25, 0.3) is 0 Å². The second-order valence-corrected chi connectivity index (χ2v) is 4.01. The maximum absolute atomic E-state index is 12.0. The van der Waals surface area contributed by atoms with Crippen molar-refractivity contribution in [2.45, 2.75) is 20.3 Å². The van der Waals surface area contributed by atoms with Crippen LogP contribution in [0.2, 0.25) is 0 Å². The number of amides is 1. The van der Waals surface area contributed by atoms with E-state index in [0.717, 1.165) is 11.1 Å². The highest BCUT2D eigenvalue weighted by Crippen LogP contribution is 2.10. The predicted molar refractivity (Wildman–Crippen MR) is 63.1 cm³/mol. The maximum Gasteiger partial charge on any atom is 0.253 e. The molecule has 0 aliphatic carbocycles. The van der Waals surface area contributed by atoms with Gasteiger partial charge in [-0.25, -0.2) is 0 Å². The Morgan fingerprint density at radius 1 is 1.31 bits per heavy atom. The molecule has 0 aliphatic rings. The van der Waals surface area contributed by atoms with Crippen molar-refractivity contribution in [3.05, 3.63) is 34.9 Å². The number of nitriles is 1. The summed E-state index contributed by atoms with van der Waals surface area (Å²) < 4.78 is 0. The zero-order chi connectivity index (χ0) is 12.1. The molecule has 1 amide bonds. The standard InChI is InChI=1S/C13H16N2O/c1-10-7-11(2)9-12(8-10)13(16)15(3)6-4-5-14/h7-9H,4,6H2,1-3H3. The normalized spacial score (nSPS) is 9.62. The summed E-state index contributed by atoms with van der Waals surface area (Å²) in [5.74, 6) is -0.0259. The van der Waals surface area contributed by atoms with Gasteiger partial charge in [0.1, 0.15) is 0 Å². The van der Waals surface area contributed by atoms with Gasteiger partial charge in [0, 0.05) is 19.2 Å². The van der Waals surface area contributed by atoms with Crippen molar-refractivity contribution in [1.29, 1.82) is 5.26 Å². The van der Waals surface area contributed by atoms with E-state index in [-0.39, 0.29) is 5.91 Å². The number of carbonyl (C=O) groups is 1. The molecule has 0 saturated carbocycles. The molecule has 0 N–H and O–H groups in total. The van der Waals surface area contributed by atoms with E-state index in [0.29, 0.717) is 18.5 Å². The summed E-state index contributed by atoms with van der Waals surface area (Å²) in [6, 6.07) is 7.81. The Labute approximate surface area is 96.3 Å². The van der Waals surface area contributed by atoms with E-state index in [9.17, 15) is 4.79 Å². The fourth-order valence-corrected chi connectivity index (χ4v) is 1.64. The summed E-state index contributed by atoms with van der Waals surface area (Å²) in [6.07, 6.45) is 0.368. The van der Waals surface area contributed by atoms with Crippen LogP contribution in [-0.4, -0.2) is 24.4 Å². The molecule has 0 saturated heterocycles. The molecule has 0 heterocycles. The third-order valence-electron chi connectivity index (χ3n) is 2.37. The van der Waals surface area contributed by atoms with Crippen LogP contribution in [0, 0.1) is 25.2 Å². The van der Waals surface area contributed by atoms with Crippen molar-refractivity contribution >= 4 is 5.91 Å². The van der Waals surface area contributed by atoms with E-state index >= 15 is 0 Å². The summed E-state index contributed by atoms with van der Waals surface area (Å²) in [5, 5.41) is 8.47.